The van der Waals surface area contributed by atoms with Gasteiger partial charge in [-0.05, 0) is 24.5 Å². The van der Waals surface area contributed by atoms with Gasteiger partial charge in [0.05, 0.1) is 13.2 Å². The molecule has 0 bridgehead atoms. The Morgan fingerprint density at radius 2 is 2.10 bits per heavy atom. The van der Waals surface area contributed by atoms with Crippen LogP contribution >= 0.6 is 0 Å². The molecule has 21 heavy (non-hydrogen) atoms. The SMILES string of the molecule is COc1cccc(CC2(C#N)CCCC(C)(C)C2=O)c1F. The van der Waals surface area contributed by atoms with E-state index < -0.39 is 16.6 Å². The zero-order valence-electron chi connectivity index (χ0n) is 12.7. The van der Waals surface area contributed by atoms with E-state index in [4.69, 9.17) is 4.74 Å². The Morgan fingerprint density at radius 1 is 1.38 bits per heavy atom. The van der Waals surface area contributed by atoms with Gasteiger partial charge in [-0.15, -0.1) is 0 Å². The number of nitriles is 1. The molecule has 3 nitrogen and oxygen atoms in total. The van der Waals surface area contributed by atoms with Crippen molar-refractivity contribution in [2.45, 2.75) is 39.5 Å². The number of ether oxygens (including phenoxy) is 1. The van der Waals surface area contributed by atoms with E-state index in [0.717, 1.165) is 12.8 Å². The fourth-order valence-electron chi connectivity index (χ4n) is 3.20. The second-order valence-corrected chi connectivity index (χ2v) is 6.37. The van der Waals surface area contributed by atoms with Crippen LogP contribution in [-0.4, -0.2) is 12.9 Å². The maximum atomic E-state index is 14.3. The van der Waals surface area contributed by atoms with Gasteiger partial charge in [-0.3, -0.25) is 4.79 Å². The van der Waals surface area contributed by atoms with Crippen LogP contribution in [0.25, 0.3) is 0 Å². The third-order valence-electron chi connectivity index (χ3n) is 4.42. The molecule has 0 amide bonds. The predicted molar refractivity (Wildman–Crippen MR) is 77.3 cm³/mol. The number of Topliss-reactive ketones (excluding diaryl/α,β-unsaturated/α-hetero) is 1. The van der Waals surface area contributed by atoms with E-state index in [9.17, 15) is 14.4 Å². The highest BCUT2D eigenvalue weighted by Gasteiger charge is 2.49. The molecular formula is C17H20FNO2. The van der Waals surface area contributed by atoms with Gasteiger partial charge in [0, 0.05) is 11.8 Å². The van der Waals surface area contributed by atoms with E-state index in [-0.39, 0.29) is 18.0 Å². The van der Waals surface area contributed by atoms with Crippen LogP contribution in [-0.2, 0) is 11.2 Å². The Kier molecular flexibility index (Phi) is 4.04. The molecule has 0 heterocycles. The zero-order valence-corrected chi connectivity index (χ0v) is 12.7. The minimum Gasteiger partial charge on any atom is -0.494 e. The molecule has 0 saturated heterocycles. The molecule has 0 aliphatic heterocycles. The molecule has 0 radical (unpaired) electrons. The van der Waals surface area contributed by atoms with Crippen LogP contribution in [0, 0.1) is 28.0 Å². The second kappa shape index (κ2) is 5.48. The van der Waals surface area contributed by atoms with Crippen molar-refractivity contribution in [1.82, 2.24) is 0 Å². The van der Waals surface area contributed by atoms with Crippen molar-refractivity contribution in [3.63, 3.8) is 0 Å². The maximum Gasteiger partial charge on any atom is 0.168 e. The number of nitrogens with zero attached hydrogens (tertiary/aromatic N) is 1. The monoisotopic (exact) mass is 289 g/mol. The summed E-state index contributed by atoms with van der Waals surface area (Å²) >= 11 is 0. The number of ketones is 1. The third kappa shape index (κ3) is 2.65. The summed E-state index contributed by atoms with van der Waals surface area (Å²) in [7, 11) is 1.40. The lowest BCUT2D eigenvalue weighted by atomic mass is 9.61. The number of halogens is 1. The zero-order chi connectivity index (χ0) is 15.7. The predicted octanol–water partition coefficient (Wildman–Crippen LogP) is 3.67. The minimum absolute atomic E-state index is 0.0778. The topological polar surface area (TPSA) is 50.1 Å². The third-order valence-corrected chi connectivity index (χ3v) is 4.42. The summed E-state index contributed by atoms with van der Waals surface area (Å²) in [6.07, 6.45) is 2.17. The molecule has 112 valence electrons. The van der Waals surface area contributed by atoms with E-state index in [1.807, 2.05) is 13.8 Å². The lowest BCUT2D eigenvalue weighted by Crippen LogP contribution is -2.45. The second-order valence-electron chi connectivity index (χ2n) is 6.37. The van der Waals surface area contributed by atoms with Gasteiger partial charge in [-0.25, -0.2) is 4.39 Å². The highest BCUT2D eigenvalue weighted by atomic mass is 19.1. The maximum absolute atomic E-state index is 14.3. The smallest absolute Gasteiger partial charge is 0.168 e. The normalized spacial score (nSPS) is 24.4. The van der Waals surface area contributed by atoms with Crippen molar-refractivity contribution >= 4 is 5.78 Å². The summed E-state index contributed by atoms with van der Waals surface area (Å²) in [5.41, 5.74) is -1.29. The first kappa shape index (κ1) is 15.5. The summed E-state index contributed by atoms with van der Waals surface area (Å²) in [5.74, 6) is -0.417. The van der Waals surface area contributed by atoms with Crippen LogP contribution in [0.2, 0.25) is 0 Å². The van der Waals surface area contributed by atoms with E-state index in [1.165, 1.54) is 13.2 Å². The van der Waals surface area contributed by atoms with Crippen LogP contribution in [0.1, 0.15) is 38.7 Å². The van der Waals surface area contributed by atoms with Gasteiger partial charge in [0.2, 0.25) is 0 Å². The highest BCUT2D eigenvalue weighted by molar-refractivity contribution is 5.93. The Balaban J connectivity index is 2.40. The number of benzene rings is 1. The van der Waals surface area contributed by atoms with E-state index in [0.29, 0.717) is 12.0 Å². The fraction of sp³-hybridized carbons (Fsp3) is 0.529. The summed E-state index contributed by atoms with van der Waals surface area (Å²) in [4.78, 5) is 12.7. The molecule has 1 aliphatic carbocycles. The number of rotatable bonds is 3. The number of carbonyl (C=O) groups excluding carboxylic acids is 1. The van der Waals surface area contributed by atoms with Crippen molar-refractivity contribution in [2.24, 2.45) is 10.8 Å². The van der Waals surface area contributed by atoms with Crippen LogP contribution in [0.5, 0.6) is 5.75 Å². The quantitative estimate of drug-likeness (QED) is 0.853. The summed E-state index contributed by atoms with van der Waals surface area (Å²) < 4.78 is 19.3. The Morgan fingerprint density at radius 3 is 2.71 bits per heavy atom. The van der Waals surface area contributed by atoms with Crippen LogP contribution < -0.4 is 4.74 Å². The molecule has 0 aromatic heterocycles. The van der Waals surface area contributed by atoms with Crippen molar-refractivity contribution in [2.75, 3.05) is 7.11 Å². The first-order valence-electron chi connectivity index (χ1n) is 7.14. The largest absolute Gasteiger partial charge is 0.494 e. The first-order valence-corrected chi connectivity index (χ1v) is 7.14. The van der Waals surface area contributed by atoms with Gasteiger partial charge in [0.1, 0.15) is 5.41 Å². The lowest BCUT2D eigenvalue weighted by Gasteiger charge is -2.39. The Hall–Kier alpha value is -1.89. The van der Waals surface area contributed by atoms with Crippen LogP contribution in [0.3, 0.4) is 0 Å². The molecule has 1 aromatic carbocycles. The summed E-state index contributed by atoms with van der Waals surface area (Å²) in [6, 6.07) is 7.01. The van der Waals surface area contributed by atoms with E-state index >= 15 is 0 Å². The van der Waals surface area contributed by atoms with E-state index in [1.54, 1.807) is 12.1 Å². The van der Waals surface area contributed by atoms with Crippen molar-refractivity contribution in [3.05, 3.63) is 29.6 Å². The Labute approximate surface area is 124 Å². The van der Waals surface area contributed by atoms with Crippen LogP contribution in [0.4, 0.5) is 4.39 Å². The van der Waals surface area contributed by atoms with Gasteiger partial charge < -0.3 is 4.74 Å². The van der Waals surface area contributed by atoms with Crippen molar-refractivity contribution in [1.29, 1.82) is 5.26 Å². The van der Waals surface area contributed by atoms with Crippen molar-refractivity contribution in [3.8, 4) is 11.8 Å². The lowest BCUT2D eigenvalue weighted by molar-refractivity contribution is -0.138. The molecule has 4 heteroatoms. The molecule has 1 atom stereocenters. The van der Waals surface area contributed by atoms with Gasteiger partial charge in [0.25, 0.3) is 0 Å². The molecule has 1 aliphatic rings. The number of methoxy groups -OCH3 is 1. The van der Waals surface area contributed by atoms with Gasteiger partial charge in [0.15, 0.2) is 17.3 Å². The van der Waals surface area contributed by atoms with E-state index in [2.05, 4.69) is 6.07 Å². The summed E-state index contributed by atoms with van der Waals surface area (Å²) in [5, 5.41) is 9.60. The molecule has 0 spiro atoms. The molecular weight excluding hydrogens is 269 g/mol. The number of hydrogen-bond donors (Lipinski definition) is 0. The highest BCUT2D eigenvalue weighted by Crippen LogP contribution is 2.45. The average Bonchev–Trinajstić information content (AvgIpc) is 2.46. The van der Waals surface area contributed by atoms with Gasteiger partial charge in [-0.2, -0.15) is 5.26 Å². The average molecular weight is 289 g/mol. The molecule has 1 saturated carbocycles. The van der Waals surface area contributed by atoms with Crippen LogP contribution in [0.15, 0.2) is 18.2 Å². The minimum atomic E-state index is -1.13. The van der Waals surface area contributed by atoms with Crippen molar-refractivity contribution < 1.29 is 13.9 Å². The van der Waals surface area contributed by atoms with Gasteiger partial charge in [-0.1, -0.05) is 32.4 Å². The standard InChI is InChI=1S/C17H20FNO2/c1-16(2)8-5-9-17(11-19,15(16)20)10-12-6-4-7-13(21-3)14(12)18/h4,6-7H,5,8-10H2,1-3H3. The molecule has 0 N–H and O–H groups in total. The molecule has 1 unspecified atom stereocenters. The number of carbonyl (C=O) groups is 1. The van der Waals surface area contributed by atoms with Gasteiger partial charge >= 0.3 is 0 Å². The summed E-state index contributed by atoms with van der Waals surface area (Å²) in [6.45, 7) is 3.73. The molecule has 1 aromatic rings. The first-order chi connectivity index (χ1) is 9.86. The molecule has 1 fully saturated rings. The Bertz CT molecular complexity index is 603. The number of hydrogen-bond acceptors (Lipinski definition) is 3. The molecule has 2 rings (SSSR count). The fourth-order valence-corrected chi connectivity index (χ4v) is 3.20.